The molecule has 0 aliphatic heterocycles. The number of rotatable bonds is 9. The summed E-state index contributed by atoms with van der Waals surface area (Å²) in [6, 6.07) is -0.448. The van der Waals surface area contributed by atoms with E-state index in [0.717, 1.165) is 6.42 Å². The summed E-state index contributed by atoms with van der Waals surface area (Å²) >= 11 is 0. The molecule has 3 amide bonds. The molecule has 0 aromatic rings. The Morgan fingerprint density at radius 2 is 1.81 bits per heavy atom. The molecule has 0 saturated heterocycles. The van der Waals surface area contributed by atoms with Crippen molar-refractivity contribution in [2.75, 3.05) is 20.1 Å². The van der Waals surface area contributed by atoms with E-state index >= 15 is 0 Å². The van der Waals surface area contributed by atoms with E-state index in [1.165, 1.54) is 4.90 Å². The summed E-state index contributed by atoms with van der Waals surface area (Å²) < 4.78 is 0. The third kappa shape index (κ3) is 8.88. The Labute approximate surface area is 126 Å². The summed E-state index contributed by atoms with van der Waals surface area (Å²) in [6.07, 6.45) is 2.02. The number of carbonyl (C=O) groups excluding carboxylic acids is 2. The van der Waals surface area contributed by atoms with Gasteiger partial charge in [-0.2, -0.15) is 0 Å². The van der Waals surface area contributed by atoms with Crippen molar-refractivity contribution in [1.29, 1.82) is 0 Å². The molecule has 0 bridgehead atoms. The average Bonchev–Trinajstić information content (AvgIpc) is 2.43. The first-order valence-electron chi connectivity index (χ1n) is 7.29. The van der Waals surface area contributed by atoms with E-state index in [2.05, 4.69) is 10.6 Å². The van der Waals surface area contributed by atoms with Crippen molar-refractivity contribution in [2.45, 2.75) is 46.1 Å². The van der Waals surface area contributed by atoms with Crippen LogP contribution in [0.3, 0.4) is 0 Å². The van der Waals surface area contributed by atoms with Crippen LogP contribution < -0.4 is 10.6 Å². The zero-order valence-electron chi connectivity index (χ0n) is 13.3. The second-order valence-corrected chi connectivity index (χ2v) is 5.31. The molecule has 0 fully saturated rings. The van der Waals surface area contributed by atoms with Gasteiger partial charge in [-0.05, 0) is 26.7 Å². The molecule has 122 valence electrons. The molecule has 0 aromatic carbocycles. The topological polar surface area (TPSA) is 98.7 Å². The SMILES string of the molecule is CCN(C)C(=O)CNC(=O)NC(C)CCCC(C)C(=O)O. The minimum atomic E-state index is -0.799. The molecule has 0 spiro atoms. The molecule has 2 unspecified atom stereocenters. The van der Waals surface area contributed by atoms with E-state index in [0.29, 0.717) is 19.4 Å². The van der Waals surface area contributed by atoms with Crippen LogP contribution in [0.2, 0.25) is 0 Å². The first kappa shape index (κ1) is 19.2. The average molecular weight is 301 g/mol. The Kier molecular flexibility index (Phi) is 9.16. The lowest BCUT2D eigenvalue weighted by atomic mass is 10.0. The van der Waals surface area contributed by atoms with Gasteiger partial charge in [-0.25, -0.2) is 4.79 Å². The second kappa shape index (κ2) is 10.0. The monoisotopic (exact) mass is 301 g/mol. The van der Waals surface area contributed by atoms with Gasteiger partial charge in [0.05, 0.1) is 12.5 Å². The lowest BCUT2D eigenvalue weighted by molar-refractivity contribution is -0.141. The van der Waals surface area contributed by atoms with E-state index < -0.39 is 5.97 Å². The maximum absolute atomic E-state index is 11.6. The number of hydrogen-bond acceptors (Lipinski definition) is 3. The third-order valence-corrected chi connectivity index (χ3v) is 3.37. The number of nitrogens with zero attached hydrogens (tertiary/aromatic N) is 1. The van der Waals surface area contributed by atoms with Crippen molar-refractivity contribution < 1.29 is 19.5 Å². The predicted molar refractivity (Wildman–Crippen MR) is 80.0 cm³/mol. The van der Waals surface area contributed by atoms with Gasteiger partial charge in [-0.3, -0.25) is 9.59 Å². The molecule has 0 aliphatic rings. The molecular formula is C14H27N3O4. The Balaban J connectivity index is 3.84. The fourth-order valence-corrected chi connectivity index (χ4v) is 1.67. The largest absolute Gasteiger partial charge is 0.481 e. The maximum atomic E-state index is 11.6. The predicted octanol–water partition coefficient (Wildman–Crippen LogP) is 1.04. The fourth-order valence-electron chi connectivity index (χ4n) is 1.67. The molecule has 0 aliphatic carbocycles. The Bertz CT molecular complexity index is 360. The van der Waals surface area contributed by atoms with Crippen molar-refractivity contribution in [2.24, 2.45) is 5.92 Å². The summed E-state index contributed by atoms with van der Waals surface area (Å²) in [4.78, 5) is 35.3. The summed E-state index contributed by atoms with van der Waals surface area (Å²) in [5.74, 6) is -1.31. The van der Waals surface area contributed by atoms with Gasteiger partial charge in [-0.1, -0.05) is 13.3 Å². The minimum Gasteiger partial charge on any atom is -0.481 e. The van der Waals surface area contributed by atoms with E-state index in [1.807, 2.05) is 13.8 Å². The number of carboxylic acids is 1. The maximum Gasteiger partial charge on any atom is 0.315 e. The summed E-state index contributed by atoms with van der Waals surface area (Å²) in [5.41, 5.74) is 0. The number of likely N-dealkylation sites (N-methyl/N-ethyl adjacent to an activating group) is 1. The highest BCUT2D eigenvalue weighted by Crippen LogP contribution is 2.09. The molecule has 3 N–H and O–H groups in total. The number of carbonyl (C=O) groups is 3. The van der Waals surface area contributed by atoms with Crippen molar-refractivity contribution in [3.8, 4) is 0 Å². The van der Waals surface area contributed by atoms with Crippen molar-refractivity contribution in [1.82, 2.24) is 15.5 Å². The van der Waals surface area contributed by atoms with Crippen LogP contribution in [-0.2, 0) is 9.59 Å². The molecule has 0 radical (unpaired) electrons. The standard InChI is InChI=1S/C14H27N3O4/c1-5-17(4)12(18)9-15-14(21)16-11(3)8-6-7-10(2)13(19)20/h10-11H,5-9H2,1-4H3,(H,19,20)(H2,15,16,21). The van der Waals surface area contributed by atoms with Crippen molar-refractivity contribution in [3.05, 3.63) is 0 Å². The quantitative estimate of drug-likeness (QED) is 0.592. The number of carboxylic acid groups (broad SMARTS) is 1. The molecule has 7 nitrogen and oxygen atoms in total. The van der Waals surface area contributed by atoms with Gasteiger partial charge in [-0.15, -0.1) is 0 Å². The van der Waals surface area contributed by atoms with Crippen LogP contribution in [0.1, 0.15) is 40.0 Å². The second-order valence-electron chi connectivity index (χ2n) is 5.31. The molecule has 0 aromatic heterocycles. The van der Waals surface area contributed by atoms with Crippen LogP contribution in [0.15, 0.2) is 0 Å². The lowest BCUT2D eigenvalue weighted by Crippen LogP contribution is -2.45. The highest BCUT2D eigenvalue weighted by atomic mass is 16.4. The summed E-state index contributed by atoms with van der Waals surface area (Å²) in [6.45, 7) is 5.95. The van der Waals surface area contributed by atoms with Gasteiger partial charge in [0, 0.05) is 19.6 Å². The first-order chi connectivity index (χ1) is 9.77. The molecule has 2 atom stereocenters. The molecule has 0 saturated carbocycles. The Morgan fingerprint density at radius 3 is 2.33 bits per heavy atom. The highest BCUT2D eigenvalue weighted by Gasteiger charge is 2.13. The zero-order chi connectivity index (χ0) is 16.4. The Hall–Kier alpha value is -1.79. The van der Waals surface area contributed by atoms with Crippen LogP contribution in [0.4, 0.5) is 4.79 Å². The van der Waals surface area contributed by atoms with Gasteiger partial charge >= 0.3 is 12.0 Å². The van der Waals surface area contributed by atoms with Gasteiger partial charge < -0.3 is 20.6 Å². The van der Waals surface area contributed by atoms with Gasteiger partial charge in [0.25, 0.3) is 0 Å². The van der Waals surface area contributed by atoms with Crippen molar-refractivity contribution >= 4 is 17.9 Å². The Morgan fingerprint density at radius 1 is 1.19 bits per heavy atom. The molecule has 7 heteroatoms. The summed E-state index contributed by atoms with van der Waals surface area (Å²) in [5, 5.41) is 14.0. The number of amides is 3. The summed E-state index contributed by atoms with van der Waals surface area (Å²) in [7, 11) is 1.67. The van der Waals surface area contributed by atoms with Crippen LogP contribution >= 0.6 is 0 Å². The zero-order valence-corrected chi connectivity index (χ0v) is 13.3. The van der Waals surface area contributed by atoms with Crippen LogP contribution in [-0.4, -0.2) is 54.1 Å². The molecular weight excluding hydrogens is 274 g/mol. The van der Waals surface area contributed by atoms with Gasteiger partial charge in [0.15, 0.2) is 0 Å². The van der Waals surface area contributed by atoms with E-state index in [1.54, 1.807) is 14.0 Å². The van der Waals surface area contributed by atoms with Gasteiger partial charge in [0.2, 0.25) is 5.91 Å². The van der Waals surface area contributed by atoms with Crippen LogP contribution in [0.5, 0.6) is 0 Å². The van der Waals surface area contributed by atoms with Crippen LogP contribution in [0, 0.1) is 5.92 Å². The number of hydrogen-bond donors (Lipinski definition) is 3. The van der Waals surface area contributed by atoms with E-state index in [4.69, 9.17) is 5.11 Å². The number of nitrogens with one attached hydrogen (secondary N) is 2. The lowest BCUT2D eigenvalue weighted by Gasteiger charge is -2.17. The normalized spacial score (nSPS) is 13.1. The van der Waals surface area contributed by atoms with Crippen LogP contribution in [0.25, 0.3) is 0 Å². The molecule has 21 heavy (non-hydrogen) atoms. The van der Waals surface area contributed by atoms with Gasteiger partial charge in [0.1, 0.15) is 0 Å². The van der Waals surface area contributed by atoms with E-state index in [9.17, 15) is 14.4 Å². The fraction of sp³-hybridized carbons (Fsp3) is 0.786. The molecule has 0 rings (SSSR count). The smallest absolute Gasteiger partial charge is 0.315 e. The number of aliphatic carboxylic acids is 1. The number of urea groups is 1. The minimum absolute atomic E-state index is 0.0288. The third-order valence-electron chi connectivity index (χ3n) is 3.37. The first-order valence-corrected chi connectivity index (χ1v) is 7.29. The molecule has 0 heterocycles. The van der Waals surface area contributed by atoms with Crippen molar-refractivity contribution in [3.63, 3.8) is 0 Å². The van der Waals surface area contributed by atoms with E-state index in [-0.39, 0.29) is 30.4 Å². The highest BCUT2D eigenvalue weighted by molar-refractivity contribution is 5.83.